The number of dihydropyridines is 1. The van der Waals surface area contributed by atoms with E-state index < -0.39 is 0 Å². The molecule has 356 valence electrons. The molecule has 0 saturated carbocycles. The predicted octanol–water partition coefficient (Wildman–Crippen LogP) is 17.4. The summed E-state index contributed by atoms with van der Waals surface area (Å²) in [4.78, 5) is 4.61. The number of hydrogen-bond donors (Lipinski definition) is 3. The van der Waals surface area contributed by atoms with Crippen molar-refractivity contribution < 1.29 is 0 Å². The molecule has 0 bridgehead atoms. The summed E-state index contributed by atoms with van der Waals surface area (Å²) in [7, 11) is 0. The van der Waals surface area contributed by atoms with Crippen LogP contribution in [0.4, 0.5) is 0 Å². The standard InChI is InChI=1S/C48H45N.C7H8N2.C4H6.C3H7N.C2H6.H2S/c1-6-15-46(38-17-12-11-13-18-38)43-30-41(29-42(31-43)40-19-14-28-49-33-40)37-22-20-35(21-23-37)36-24-26-39(27-25-36)48-32-34(8-3)44(9-4)45(10-5)47(48)16-7-2;8-7(9)6-4-2-1-3-5-6;1-3-4-2;1-2-3-4;1-2;/h7-13,16-27,29-33,46H,3-6,14-15,28H2,1-2H3;1-5H,(H3,8,9);3-4H,1-2H2;2-3H,4H2,1H3;1-2H3;1H2/b16-7-;;;3-2-;;. The smallest absolute Gasteiger partial charge is 0.122 e. The number of benzene rings is 6. The van der Waals surface area contributed by atoms with Crippen molar-refractivity contribution in [1.29, 1.82) is 5.41 Å². The third kappa shape index (κ3) is 17.0. The van der Waals surface area contributed by atoms with E-state index in [-0.39, 0.29) is 19.3 Å². The molecule has 0 amide bonds. The summed E-state index contributed by atoms with van der Waals surface area (Å²) in [6.45, 7) is 30.0. The number of rotatable bonds is 14. The van der Waals surface area contributed by atoms with Gasteiger partial charge in [0.15, 0.2) is 0 Å². The second-order valence-electron chi connectivity index (χ2n) is 15.4. The Morgan fingerprint density at radius 3 is 1.59 bits per heavy atom. The van der Waals surface area contributed by atoms with Crippen molar-refractivity contribution in [2.45, 2.75) is 59.8 Å². The van der Waals surface area contributed by atoms with Crippen molar-refractivity contribution in [2.75, 3.05) is 6.54 Å². The molecule has 0 fully saturated rings. The summed E-state index contributed by atoms with van der Waals surface area (Å²) in [5, 5.41) is 7.01. The molecule has 0 saturated heterocycles. The largest absolute Gasteiger partial charge is 0.405 e. The lowest BCUT2D eigenvalue weighted by Crippen LogP contribution is -2.10. The van der Waals surface area contributed by atoms with Gasteiger partial charge < -0.3 is 11.5 Å². The van der Waals surface area contributed by atoms with Crippen LogP contribution in [0.2, 0.25) is 0 Å². The molecule has 1 atom stereocenters. The summed E-state index contributed by atoms with van der Waals surface area (Å²) >= 11 is 0. The van der Waals surface area contributed by atoms with E-state index in [9.17, 15) is 0 Å². The van der Waals surface area contributed by atoms with Crippen molar-refractivity contribution in [2.24, 2.45) is 16.5 Å². The number of amidine groups is 1. The summed E-state index contributed by atoms with van der Waals surface area (Å²) in [6.07, 6.45) is 24.1. The fourth-order valence-electron chi connectivity index (χ4n) is 7.66. The molecule has 4 nitrogen and oxygen atoms in total. The van der Waals surface area contributed by atoms with Crippen LogP contribution in [0, 0.1) is 5.41 Å². The molecular weight excluding hydrogens is 857 g/mol. The van der Waals surface area contributed by atoms with Gasteiger partial charge in [-0.15, -0.1) is 0 Å². The predicted molar refractivity (Wildman–Crippen MR) is 315 cm³/mol. The van der Waals surface area contributed by atoms with Gasteiger partial charge in [0.25, 0.3) is 0 Å². The van der Waals surface area contributed by atoms with Gasteiger partial charge in [0, 0.05) is 24.2 Å². The molecule has 0 aliphatic carbocycles. The Morgan fingerprint density at radius 1 is 0.638 bits per heavy atom. The van der Waals surface area contributed by atoms with Crippen LogP contribution in [0.1, 0.15) is 104 Å². The minimum absolute atomic E-state index is 0. The Balaban J connectivity index is 0.000000690. The van der Waals surface area contributed by atoms with Crippen LogP contribution in [-0.2, 0) is 0 Å². The van der Waals surface area contributed by atoms with Crippen LogP contribution in [0.3, 0.4) is 0 Å². The van der Waals surface area contributed by atoms with Gasteiger partial charge in [0.05, 0.1) is 0 Å². The van der Waals surface area contributed by atoms with E-state index in [2.05, 4.69) is 166 Å². The minimum Gasteiger partial charge on any atom is -0.405 e. The molecule has 7 rings (SSSR count). The van der Waals surface area contributed by atoms with Crippen molar-refractivity contribution in [3.63, 3.8) is 0 Å². The monoisotopic (exact) mass is 931 g/mol. The highest BCUT2D eigenvalue weighted by molar-refractivity contribution is 7.59. The molecule has 5 N–H and O–H groups in total. The van der Waals surface area contributed by atoms with Gasteiger partial charge in [0.1, 0.15) is 5.84 Å². The van der Waals surface area contributed by atoms with Gasteiger partial charge in [0.2, 0.25) is 0 Å². The third-order valence-electron chi connectivity index (χ3n) is 11.0. The van der Waals surface area contributed by atoms with E-state index in [1.54, 1.807) is 18.2 Å². The molecule has 1 aliphatic heterocycles. The molecular formula is C64H74N4S. The van der Waals surface area contributed by atoms with Gasteiger partial charge in [-0.3, -0.25) is 10.4 Å². The number of nitrogens with two attached hydrogens (primary N) is 2. The Bertz CT molecular complexity index is 2660. The first-order chi connectivity index (χ1) is 33.2. The highest BCUT2D eigenvalue weighted by atomic mass is 32.1. The maximum atomic E-state index is 7.01. The van der Waals surface area contributed by atoms with E-state index >= 15 is 0 Å². The van der Waals surface area contributed by atoms with E-state index in [1.165, 1.54) is 50.7 Å². The average molecular weight is 931 g/mol. The van der Waals surface area contributed by atoms with Gasteiger partial charge in [-0.2, -0.15) is 13.5 Å². The molecule has 6 aromatic carbocycles. The lowest BCUT2D eigenvalue weighted by atomic mass is 9.84. The second-order valence-corrected chi connectivity index (χ2v) is 15.4. The van der Waals surface area contributed by atoms with Gasteiger partial charge in [-0.05, 0) is 123 Å². The van der Waals surface area contributed by atoms with Crippen molar-refractivity contribution in [3.05, 3.63) is 247 Å². The lowest BCUT2D eigenvalue weighted by molar-refractivity contribution is 0.698. The van der Waals surface area contributed by atoms with Crippen molar-refractivity contribution >= 4 is 55.4 Å². The summed E-state index contributed by atoms with van der Waals surface area (Å²) in [6, 6.07) is 47.4. The maximum absolute atomic E-state index is 7.01. The normalized spacial score (nSPS) is 11.5. The van der Waals surface area contributed by atoms with Crippen LogP contribution in [0.25, 0.3) is 63.3 Å². The van der Waals surface area contributed by atoms with Gasteiger partial charge >= 0.3 is 0 Å². The second kappa shape index (κ2) is 32.3. The molecule has 1 unspecified atom stereocenters. The molecule has 0 radical (unpaired) electrons. The molecule has 5 heteroatoms. The lowest BCUT2D eigenvalue weighted by Gasteiger charge is -2.21. The van der Waals surface area contributed by atoms with Crippen molar-refractivity contribution in [3.8, 4) is 33.4 Å². The molecule has 0 aromatic heterocycles. The SMILES string of the molecule is C/C=C\N.C=CC=C.C=Cc1cc(-c2ccc(-c3ccc(-c4cc(C5=CCCN=C5)cc(C(CCC)c5ccccc5)c4)cc3)cc2)c(/C=C\C)c(C=C)c1C=C.CC.N=C(N)c1ccccc1.S. The van der Waals surface area contributed by atoms with Crippen molar-refractivity contribution in [1.82, 2.24) is 0 Å². The molecule has 1 heterocycles. The molecule has 1 aliphatic rings. The zero-order chi connectivity index (χ0) is 49.7. The number of nitrogens with one attached hydrogen (secondary N) is 1. The number of allylic oxidation sites excluding steroid dienone is 5. The van der Waals surface area contributed by atoms with Gasteiger partial charge in [-0.25, -0.2) is 0 Å². The average Bonchev–Trinajstić information content (AvgIpc) is 3.41. The number of nitrogen functional groups attached to an aromatic ring is 1. The van der Waals surface area contributed by atoms with Crippen LogP contribution >= 0.6 is 13.5 Å². The Labute approximate surface area is 422 Å². The fraction of sp³-hybridized carbons (Fsp3) is 0.156. The molecule has 0 spiro atoms. The Kier molecular flexibility index (Phi) is 27.0. The topological polar surface area (TPSA) is 88.2 Å². The van der Waals surface area contributed by atoms with Gasteiger partial charge in [-0.1, -0.05) is 236 Å². The first-order valence-corrected chi connectivity index (χ1v) is 23.5. The summed E-state index contributed by atoms with van der Waals surface area (Å²) in [5.74, 6) is 0.464. The van der Waals surface area contributed by atoms with E-state index in [0.717, 1.165) is 64.8 Å². The maximum Gasteiger partial charge on any atom is 0.122 e. The molecule has 6 aromatic rings. The van der Waals surface area contributed by atoms with E-state index in [1.807, 2.05) is 82.5 Å². The highest BCUT2D eigenvalue weighted by Gasteiger charge is 2.18. The zero-order valence-electron chi connectivity index (χ0n) is 41.6. The summed E-state index contributed by atoms with van der Waals surface area (Å²) < 4.78 is 0. The first kappa shape index (κ1) is 57.7. The van der Waals surface area contributed by atoms with Crippen LogP contribution in [0.15, 0.2) is 208 Å². The zero-order valence-corrected chi connectivity index (χ0v) is 42.6. The number of nitrogens with zero attached hydrogens (tertiary/aromatic N) is 1. The van der Waals surface area contributed by atoms with E-state index in [0.29, 0.717) is 5.92 Å². The Morgan fingerprint density at radius 2 is 1.16 bits per heavy atom. The first-order valence-electron chi connectivity index (χ1n) is 23.5. The Hall–Kier alpha value is -7.47. The number of aliphatic imine (C=N–C) groups is 1. The minimum atomic E-state index is 0. The molecule has 69 heavy (non-hydrogen) atoms. The van der Waals surface area contributed by atoms with Crippen LogP contribution in [-0.4, -0.2) is 18.6 Å². The van der Waals surface area contributed by atoms with Crippen LogP contribution < -0.4 is 11.5 Å². The van der Waals surface area contributed by atoms with Crippen LogP contribution in [0.5, 0.6) is 0 Å². The van der Waals surface area contributed by atoms with E-state index in [4.69, 9.17) is 16.9 Å². The fourth-order valence-corrected chi connectivity index (χ4v) is 7.66. The summed E-state index contributed by atoms with van der Waals surface area (Å²) in [5.41, 5.74) is 27.5. The quantitative estimate of drug-likeness (QED) is 0.0577. The highest BCUT2D eigenvalue weighted by Crippen LogP contribution is 2.38. The number of hydrogen-bond acceptors (Lipinski definition) is 3. The third-order valence-corrected chi connectivity index (χ3v) is 11.0.